The van der Waals surface area contributed by atoms with Crippen LogP contribution in [-0.2, 0) is 0 Å². The van der Waals surface area contributed by atoms with Crippen LogP contribution < -0.4 is 28.4 Å². The van der Waals surface area contributed by atoms with Gasteiger partial charge in [-0.05, 0) is 128 Å². The lowest BCUT2D eigenvalue weighted by molar-refractivity contribution is 0.414. The van der Waals surface area contributed by atoms with E-state index in [2.05, 4.69) is 72.8 Å². The first kappa shape index (κ1) is 32.1. The van der Waals surface area contributed by atoms with Crippen molar-refractivity contribution < 1.29 is 28.4 Å². The molecular weight excluding hydrogens is 600 g/mol. The van der Waals surface area contributed by atoms with Gasteiger partial charge in [-0.3, -0.25) is 0 Å². The van der Waals surface area contributed by atoms with Crippen molar-refractivity contribution in [2.75, 3.05) is 42.7 Å². The Morgan fingerprint density at radius 3 is 0.729 bits per heavy atom. The first-order chi connectivity index (χ1) is 23.5. The molecule has 0 amide bonds. The van der Waals surface area contributed by atoms with Crippen molar-refractivity contribution in [2.45, 2.75) is 0 Å². The molecule has 6 aromatic carbocycles. The largest absolute Gasteiger partial charge is 0.497 e. The molecule has 0 spiro atoms. The Balaban J connectivity index is 1.64. The first-order valence-corrected chi connectivity index (χ1v) is 15.5. The molecule has 0 heterocycles. The van der Waals surface area contributed by atoms with E-state index in [4.69, 9.17) is 28.4 Å². The SMILES string of the molecule is COc1ccc(-c2ccc(OC)cc2-c2cc(OC)ccc2-c2ccc(OC)cc2-c2cc(OC)ccc2-c2ccc(OC)cc2)cc1. The molecule has 0 unspecified atom stereocenters. The smallest absolute Gasteiger partial charge is 0.119 e. The minimum absolute atomic E-state index is 0.743. The second-order valence-corrected chi connectivity index (χ2v) is 11.1. The highest BCUT2D eigenvalue weighted by Crippen LogP contribution is 2.47. The van der Waals surface area contributed by atoms with Gasteiger partial charge in [0.05, 0.1) is 42.7 Å². The lowest BCUT2D eigenvalue weighted by atomic mass is 9.84. The molecule has 6 heteroatoms. The van der Waals surface area contributed by atoms with Gasteiger partial charge < -0.3 is 28.4 Å². The Kier molecular flexibility index (Phi) is 9.53. The van der Waals surface area contributed by atoms with E-state index in [0.29, 0.717) is 0 Å². The van der Waals surface area contributed by atoms with Crippen LogP contribution in [0.5, 0.6) is 34.5 Å². The van der Waals surface area contributed by atoms with Gasteiger partial charge in [-0.25, -0.2) is 0 Å². The number of rotatable bonds is 11. The summed E-state index contributed by atoms with van der Waals surface area (Å²) in [4.78, 5) is 0. The minimum atomic E-state index is 0.743. The molecule has 242 valence electrons. The third-order valence-electron chi connectivity index (χ3n) is 8.58. The van der Waals surface area contributed by atoms with Crippen molar-refractivity contribution >= 4 is 0 Å². The zero-order chi connectivity index (χ0) is 33.6. The third kappa shape index (κ3) is 6.38. The van der Waals surface area contributed by atoms with Gasteiger partial charge in [0.1, 0.15) is 34.5 Å². The molecule has 0 saturated heterocycles. The van der Waals surface area contributed by atoms with Crippen LogP contribution in [0.3, 0.4) is 0 Å². The van der Waals surface area contributed by atoms with E-state index < -0.39 is 0 Å². The average Bonchev–Trinajstić information content (AvgIpc) is 3.17. The van der Waals surface area contributed by atoms with E-state index in [1.165, 1.54) is 0 Å². The quantitative estimate of drug-likeness (QED) is 0.141. The monoisotopic (exact) mass is 638 g/mol. The molecule has 0 bridgehead atoms. The van der Waals surface area contributed by atoms with Gasteiger partial charge in [0, 0.05) is 0 Å². The van der Waals surface area contributed by atoms with Gasteiger partial charge in [0.15, 0.2) is 0 Å². The maximum absolute atomic E-state index is 5.78. The van der Waals surface area contributed by atoms with Crippen molar-refractivity contribution in [2.24, 2.45) is 0 Å². The van der Waals surface area contributed by atoms with Crippen LogP contribution >= 0.6 is 0 Å². The van der Waals surface area contributed by atoms with Gasteiger partial charge in [-0.15, -0.1) is 0 Å². The van der Waals surface area contributed by atoms with Crippen LogP contribution in [0.15, 0.2) is 121 Å². The summed E-state index contributed by atoms with van der Waals surface area (Å²) in [6.07, 6.45) is 0. The average molecular weight is 639 g/mol. The topological polar surface area (TPSA) is 55.4 Å². The highest BCUT2D eigenvalue weighted by molar-refractivity contribution is 5.99. The van der Waals surface area contributed by atoms with Crippen molar-refractivity contribution in [3.63, 3.8) is 0 Å². The highest BCUT2D eigenvalue weighted by Gasteiger charge is 2.21. The maximum atomic E-state index is 5.78. The molecule has 6 nitrogen and oxygen atoms in total. The molecule has 0 radical (unpaired) electrons. The fourth-order valence-corrected chi connectivity index (χ4v) is 6.01. The lowest BCUT2D eigenvalue weighted by Crippen LogP contribution is -1.96. The van der Waals surface area contributed by atoms with Crippen molar-refractivity contribution in [1.82, 2.24) is 0 Å². The summed E-state index contributed by atoms with van der Waals surface area (Å²) in [5.74, 6) is 4.58. The van der Waals surface area contributed by atoms with Crippen LogP contribution in [0.2, 0.25) is 0 Å². The standard InChI is InChI=1S/C42H38O6/c1-43-29-11-7-27(8-12-29)35-19-15-31(45-3)23-39(35)41-25-33(47-5)17-21-37(41)38-22-18-34(48-6)26-42(38)40-24-32(46-4)16-20-36(40)28-9-13-30(44-2)14-10-28/h7-26H,1-6H3. The number of hydrogen-bond acceptors (Lipinski definition) is 6. The Morgan fingerprint density at radius 2 is 0.458 bits per heavy atom. The summed E-state index contributed by atoms with van der Waals surface area (Å²) in [6.45, 7) is 0. The zero-order valence-electron chi connectivity index (χ0n) is 28.0. The molecule has 48 heavy (non-hydrogen) atoms. The van der Waals surface area contributed by atoms with Gasteiger partial charge in [0.25, 0.3) is 0 Å². The molecule has 0 aliphatic rings. The van der Waals surface area contributed by atoms with Gasteiger partial charge in [-0.2, -0.15) is 0 Å². The molecule has 0 N–H and O–H groups in total. The first-order valence-electron chi connectivity index (χ1n) is 15.5. The van der Waals surface area contributed by atoms with Crippen LogP contribution in [0.4, 0.5) is 0 Å². The summed E-state index contributed by atoms with van der Waals surface area (Å²) in [5, 5.41) is 0. The molecule has 0 aliphatic heterocycles. The fourth-order valence-electron chi connectivity index (χ4n) is 6.01. The fraction of sp³-hybridized carbons (Fsp3) is 0.143. The summed E-state index contributed by atoms with van der Waals surface area (Å²) < 4.78 is 33.9. The second kappa shape index (κ2) is 14.3. The van der Waals surface area contributed by atoms with Gasteiger partial charge in [0.2, 0.25) is 0 Å². The molecule has 0 atom stereocenters. The summed E-state index contributed by atoms with van der Waals surface area (Å²) in [6, 6.07) is 40.9. The van der Waals surface area contributed by atoms with Gasteiger partial charge >= 0.3 is 0 Å². The summed E-state index contributed by atoms with van der Waals surface area (Å²) in [7, 11) is 10.1. The number of benzene rings is 6. The number of methoxy groups -OCH3 is 6. The van der Waals surface area contributed by atoms with Crippen LogP contribution in [0.25, 0.3) is 55.6 Å². The van der Waals surface area contributed by atoms with Crippen molar-refractivity contribution in [1.29, 1.82) is 0 Å². The van der Waals surface area contributed by atoms with Crippen LogP contribution in [0, 0.1) is 0 Å². The Labute approximate surface area is 282 Å². The summed E-state index contributed by atoms with van der Waals surface area (Å²) >= 11 is 0. The molecule has 0 aromatic heterocycles. The molecule has 0 aliphatic carbocycles. The zero-order valence-corrected chi connectivity index (χ0v) is 28.0. The van der Waals surface area contributed by atoms with Gasteiger partial charge in [-0.1, -0.05) is 48.5 Å². The molecular formula is C42H38O6. The Hall–Kier alpha value is -5.88. The Bertz CT molecular complexity index is 1880. The molecule has 6 aromatic rings. The van der Waals surface area contributed by atoms with Crippen molar-refractivity contribution in [3.8, 4) is 90.1 Å². The van der Waals surface area contributed by atoms with Crippen LogP contribution in [-0.4, -0.2) is 42.7 Å². The predicted molar refractivity (Wildman–Crippen MR) is 193 cm³/mol. The number of ether oxygens (including phenoxy) is 6. The number of hydrogen-bond donors (Lipinski definition) is 0. The maximum Gasteiger partial charge on any atom is 0.119 e. The second-order valence-electron chi connectivity index (χ2n) is 11.1. The molecule has 0 fully saturated rings. The minimum Gasteiger partial charge on any atom is -0.497 e. The summed E-state index contributed by atoms with van der Waals surface area (Å²) in [5.41, 5.74) is 10.2. The third-order valence-corrected chi connectivity index (χ3v) is 8.58. The van der Waals surface area contributed by atoms with E-state index in [1.807, 2.05) is 48.5 Å². The molecule has 6 rings (SSSR count). The van der Waals surface area contributed by atoms with E-state index in [1.54, 1.807) is 42.7 Å². The molecule has 0 saturated carbocycles. The normalized spacial score (nSPS) is 10.7. The van der Waals surface area contributed by atoms with E-state index >= 15 is 0 Å². The van der Waals surface area contributed by atoms with Crippen LogP contribution in [0.1, 0.15) is 0 Å². The lowest BCUT2D eigenvalue weighted by Gasteiger charge is -2.21. The Morgan fingerprint density at radius 1 is 0.229 bits per heavy atom. The van der Waals surface area contributed by atoms with E-state index in [0.717, 1.165) is 90.1 Å². The van der Waals surface area contributed by atoms with E-state index in [9.17, 15) is 0 Å². The highest BCUT2D eigenvalue weighted by atomic mass is 16.5. The van der Waals surface area contributed by atoms with E-state index in [-0.39, 0.29) is 0 Å². The van der Waals surface area contributed by atoms with Crippen molar-refractivity contribution in [3.05, 3.63) is 121 Å². The predicted octanol–water partition coefficient (Wildman–Crippen LogP) is 10.1.